The molecule has 2 aliphatic rings. The summed E-state index contributed by atoms with van der Waals surface area (Å²) in [5, 5.41) is 16.4. The number of carbonyl (C=O) groups is 3. The van der Waals surface area contributed by atoms with Gasteiger partial charge < -0.3 is 31.1 Å². The van der Waals surface area contributed by atoms with E-state index >= 15 is 0 Å². The van der Waals surface area contributed by atoms with Crippen molar-refractivity contribution in [1.29, 1.82) is 0 Å². The molecule has 11 heteroatoms. The lowest BCUT2D eigenvalue weighted by Crippen LogP contribution is -2.50. The van der Waals surface area contributed by atoms with Gasteiger partial charge in [0.25, 0.3) is 11.8 Å². The van der Waals surface area contributed by atoms with Crippen molar-refractivity contribution in [1.82, 2.24) is 25.5 Å². The molecule has 0 saturated carbocycles. The largest absolute Gasteiger partial charge is 0.444 e. The fourth-order valence-corrected chi connectivity index (χ4v) is 5.34. The van der Waals surface area contributed by atoms with Crippen molar-refractivity contribution < 1.29 is 24.2 Å². The zero-order valence-corrected chi connectivity index (χ0v) is 24.0. The molecule has 42 heavy (non-hydrogen) atoms. The Morgan fingerprint density at radius 3 is 2.64 bits per heavy atom. The van der Waals surface area contributed by atoms with E-state index in [4.69, 9.17) is 10.5 Å². The minimum Gasteiger partial charge on any atom is -0.444 e. The molecule has 3 aromatic rings. The Morgan fingerprint density at radius 1 is 1.07 bits per heavy atom. The first kappa shape index (κ1) is 29.0. The van der Waals surface area contributed by atoms with Crippen LogP contribution in [0.2, 0.25) is 0 Å². The highest BCUT2D eigenvalue weighted by Crippen LogP contribution is 2.31. The number of ether oxygens (including phenoxy) is 1. The van der Waals surface area contributed by atoms with Gasteiger partial charge in [-0.05, 0) is 56.9 Å². The number of fused-ring (bicyclic) bond motifs is 1. The van der Waals surface area contributed by atoms with Gasteiger partial charge >= 0.3 is 6.09 Å². The van der Waals surface area contributed by atoms with Crippen molar-refractivity contribution in [2.24, 2.45) is 0 Å². The van der Waals surface area contributed by atoms with E-state index in [0.717, 1.165) is 11.1 Å². The number of hydrogen-bond donors (Lipinski definition) is 4. The fourth-order valence-electron chi connectivity index (χ4n) is 5.34. The Labute approximate surface area is 244 Å². The average molecular weight is 573 g/mol. The number of rotatable bonds is 5. The van der Waals surface area contributed by atoms with Gasteiger partial charge in [-0.15, -0.1) is 0 Å². The first-order chi connectivity index (χ1) is 20.0. The minimum atomic E-state index is -0.709. The number of nitrogens with two attached hydrogens (primary N) is 1. The third-order valence-electron chi connectivity index (χ3n) is 7.34. The van der Waals surface area contributed by atoms with Crippen molar-refractivity contribution in [3.63, 3.8) is 0 Å². The van der Waals surface area contributed by atoms with Crippen molar-refractivity contribution in [2.75, 3.05) is 18.8 Å². The quantitative estimate of drug-likeness (QED) is 0.363. The normalized spacial score (nSPS) is 20.0. The first-order valence-electron chi connectivity index (χ1n) is 14.1. The summed E-state index contributed by atoms with van der Waals surface area (Å²) in [6.07, 6.45) is 2.20. The number of anilines is 1. The second-order valence-corrected chi connectivity index (χ2v) is 11.7. The predicted octanol–water partition coefficient (Wildman–Crippen LogP) is 3.24. The van der Waals surface area contributed by atoms with Gasteiger partial charge in [-0.1, -0.05) is 36.4 Å². The highest BCUT2D eigenvalue weighted by Gasteiger charge is 2.32. The summed E-state index contributed by atoms with van der Waals surface area (Å²) < 4.78 is 5.47. The summed E-state index contributed by atoms with van der Waals surface area (Å²) in [4.78, 5) is 49.1. The van der Waals surface area contributed by atoms with Crippen LogP contribution in [0.3, 0.4) is 0 Å². The van der Waals surface area contributed by atoms with E-state index in [1.165, 1.54) is 6.20 Å². The highest BCUT2D eigenvalue weighted by molar-refractivity contribution is 5.98. The molecule has 11 nitrogen and oxygen atoms in total. The molecule has 5 rings (SSSR count). The van der Waals surface area contributed by atoms with Crippen LogP contribution in [0.4, 0.5) is 10.6 Å². The smallest absolute Gasteiger partial charge is 0.410 e. The summed E-state index contributed by atoms with van der Waals surface area (Å²) in [5.41, 5.74) is 8.62. The lowest BCUT2D eigenvalue weighted by Gasteiger charge is -2.34. The second-order valence-electron chi connectivity index (χ2n) is 11.7. The molecule has 3 atom stereocenters. The summed E-state index contributed by atoms with van der Waals surface area (Å²) >= 11 is 0. The molecular formula is C31H36N6O5. The van der Waals surface area contributed by atoms with Crippen molar-refractivity contribution in [2.45, 2.75) is 63.8 Å². The molecule has 0 bridgehead atoms. The van der Waals surface area contributed by atoms with E-state index in [9.17, 15) is 19.5 Å². The summed E-state index contributed by atoms with van der Waals surface area (Å²) in [6.45, 7) is 6.29. The van der Waals surface area contributed by atoms with E-state index in [1.807, 2.05) is 45.0 Å². The maximum absolute atomic E-state index is 13.2. The minimum absolute atomic E-state index is 0.0289. The van der Waals surface area contributed by atoms with E-state index in [2.05, 4.69) is 20.6 Å². The number of hydrogen-bond acceptors (Lipinski definition) is 8. The third kappa shape index (κ3) is 6.52. The number of aliphatic hydroxyl groups excluding tert-OH is 1. The number of aromatic nitrogens is 2. The predicted molar refractivity (Wildman–Crippen MR) is 157 cm³/mol. The molecule has 2 heterocycles. The maximum atomic E-state index is 13.2. The number of amides is 3. The Morgan fingerprint density at radius 2 is 1.86 bits per heavy atom. The topological polar surface area (TPSA) is 160 Å². The van der Waals surface area contributed by atoms with E-state index in [-0.39, 0.29) is 23.5 Å². The summed E-state index contributed by atoms with van der Waals surface area (Å²) in [6, 6.07) is 13.7. The molecule has 1 aromatic heterocycles. The van der Waals surface area contributed by atoms with E-state index < -0.39 is 29.7 Å². The summed E-state index contributed by atoms with van der Waals surface area (Å²) in [5.74, 6) is -0.870. The lowest BCUT2D eigenvalue weighted by molar-refractivity contribution is 0.0185. The molecule has 3 amide bonds. The monoisotopic (exact) mass is 572 g/mol. The third-order valence-corrected chi connectivity index (χ3v) is 7.34. The van der Waals surface area contributed by atoms with Gasteiger partial charge in [-0.3, -0.25) is 9.59 Å². The zero-order chi connectivity index (χ0) is 30.0. The van der Waals surface area contributed by atoms with Crippen LogP contribution in [0, 0.1) is 0 Å². The van der Waals surface area contributed by atoms with Gasteiger partial charge in [-0.2, -0.15) is 0 Å². The molecular weight excluding hydrogens is 536 g/mol. The number of nitrogen functional groups attached to an aromatic ring is 1. The number of benzene rings is 2. The van der Waals surface area contributed by atoms with Gasteiger partial charge in [0.1, 0.15) is 5.60 Å². The van der Waals surface area contributed by atoms with Crippen LogP contribution in [0.5, 0.6) is 0 Å². The molecule has 2 aromatic carbocycles. The number of nitrogens with one attached hydrogen (secondary N) is 2. The number of likely N-dealkylation sites (tertiary alicyclic amines) is 1. The van der Waals surface area contributed by atoms with Crippen molar-refractivity contribution in [3.8, 4) is 11.3 Å². The molecule has 0 radical (unpaired) electrons. The average Bonchev–Trinajstić information content (AvgIpc) is 3.27. The number of nitrogens with zero attached hydrogens (tertiary/aromatic N) is 3. The maximum Gasteiger partial charge on any atom is 0.410 e. The fraction of sp³-hybridized carbons (Fsp3) is 0.387. The van der Waals surface area contributed by atoms with E-state index in [0.29, 0.717) is 49.2 Å². The Balaban J connectivity index is 1.28. The van der Waals surface area contributed by atoms with Gasteiger partial charge in [-0.25, -0.2) is 14.8 Å². The van der Waals surface area contributed by atoms with Crippen LogP contribution in [0.1, 0.15) is 71.6 Å². The Kier molecular flexibility index (Phi) is 8.13. The van der Waals surface area contributed by atoms with Crippen LogP contribution in [0.15, 0.2) is 54.7 Å². The number of carbonyl (C=O) groups excluding carboxylic acids is 3. The first-order valence-corrected chi connectivity index (χ1v) is 14.1. The molecule has 0 unspecified atom stereocenters. The number of piperidine rings is 1. The second kappa shape index (κ2) is 11.8. The molecule has 1 saturated heterocycles. The Hall–Kier alpha value is -4.51. The molecule has 1 fully saturated rings. The van der Waals surface area contributed by atoms with Crippen LogP contribution < -0.4 is 16.4 Å². The molecule has 1 aliphatic carbocycles. The van der Waals surface area contributed by atoms with Crippen LogP contribution in [0.25, 0.3) is 11.3 Å². The standard InChI is InChI=1S/C31H36N6O5/c1-31(2,3)42-30(41)37-13-7-11-21(17-37)34-29(40)26-27(32)33-16-23(35-26)19-9-6-10-20(14-19)28(39)36-25-22-12-5-4-8-18(22)15-24(25)38/h4-6,8-10,12,14,16,21,24-25,38H,7,11,13,15,17H2,1-3H3,(H2,32,33)(H,34,40)(H,36,39)/t21-,24+,25-/m1/s1. The molecule has 1 aliphatic heterocycles. The zero-order valence-electron chi connectivity index (χ0n) is 24.0. The SMILES string of the molecule is CC(C)(C)OC(=O)N1CCC[C@@H](NC(=O)c2nc(-c3cccc(C(=O)N[C@@H]4c5ccccc5C[C@@H]4O)c3)cnc2N)C1. The molecule has 5 N–H and O–H groups in total. The number of aliphatic hydroxyl groups is 1. The van der Waals surface area contributed by atoms with Crippen LogP contribution in [-0.2, 0) is 11.2 Å². The van der Waals surface area contributed by atoms with E-state index in [1.54, 1.807) is 29.2 Å². The van der Waals surface area contributed by atoms with Gasteiger partial charge in [0.05, 0.1) is 24.0 Å². The van der Waals surface area contributed by atoms with Gasteiger partial charge in [0, 0.05) is 36.7 Å². The van der Waals surface area contributed by atoms with Crippen LogP contribution >= 0.6 is 0 Å². The van der Waals surface area contributed by atoms with Crippen molar-refractivity contribution in [3.05, 3.63) is 77.1 Å². The highest BCUT2D eigenvalue weighted by atomic mass is 16.6. The van der Waals surface area contributed by atoms with Crippen LogP contribution in [-0.4, -0.2) is 68.7 Å². The van der Waals surface area contributed by atoms with Gasteiger partial charge in [0.15, 0.2) is 11.5 Å². The molecule has 220 valence electrons. The molecule has 0 spiro atoms. The lowest BCUT2D eigenvalue weighted by atomic mass is 10.0. The Bertz CT molecular complexity index is 1500. The van der Waals surface area contributed by atoms with Crippen molar-refractivity contribution >= 4 is 23.7 Å². The van der Waals surface area contributed by atoms with Gasteiger partial charge in [0.2, 0.25) is 0 Å². The summed E-state index contributed by atoms with van der Waals surface area (Å²) in [7, 11) is 0.